The van der Waals surface area contributed by atoms with Crippen LogP contribution in [0.2, 0.25) is 0 Å². The summed E-state index contributed by atoms with van der Waals surface area (Å²) < 4.78 is 10.5. The summed E-state index contributed by atoms with van der Waals surface area (Å²) in [5.41, 5.74) is 2.45. The Kier molecular flexibility index (Phi) is 7.77. The topological polar surface area (TPSA) is 76.2 Å². The van der Waals surface area contributed by atoms with Crippen LogP contribution in [0.4, 0.5) is 5.69 Å². The van der Waals surface area contributed by atoms with Crippen molar-refractivity contribution in [2.45, 2.75) is 44.9 Å². The minimum atomic E-state index is -0.906. The molecule has 1 aliphatic heterocycles. The number of hydrogen-bond acceptors (Lipinski definition) is 5. The van der Waals surface area contributed by atoms with Crippen LogP contribution in [0.5, 0.6) is 0 Å². The Bertz CT molecular complexity index is 939. The highest BCUT2D eigenvalue weighted by molar-refractivity contribution is 6.23. The van der Waals surface area contributed by atoms with Crippen molar-refractivity contribution in [3.05, 3.63) is 65.7 Å². The maximum atomic E-state index is 13.3. The first-order valence-corrected chi connectivity index (χ1v) is 10.7. The summed E-state index contributed by atoms with van der Waals surface area (Å²) >= 11 is 0. The Labute approximate surface area is 188 Å². The summed E-state index contributed by atoms with van der Waals surface area (Å²) in [6, 6.07) is 15.8. The van der Waals surface area contributed by atoms with E-state index in [1.165, 1.54) is 24.0 Å². The number of methoxy groups -OCH3 is 2. The van der Waals surface area contributed by atoms with Gasteiger partial charge in [-0.15, -0.1) is 0 Å². The molecule has 0 aromatic heterocycles. The normalized spacial score (nSPS) is 16.3. The van der Waals surface area contributed by atoms with Crippen LogP contribution in [-0.4, -0.2) is 55.7 Å². The molecule has 170 valence electrons. The van der Waals surface area contributed by atoms with Gasteiger partial charge in [0.25, 0.3) is 5.91 Å². The summed E-state index contributed by atoms with van der Waals surface area (Å²) in [5, 5.41) is 0. The zero-order valence-corrected chi connectivity index (χ0v) is 19.0. The van der Waals surface area contributed by atoms with Crippen molar-refractivity contribution in [2.24, 2.45) is 0 Å². The fourth-order valence-corrected chi connectivity index (χ4v) is 3.82. The smallest absolute Gasteiger partial charge is 0.257 e. The third kappa shape index (κ3) is 5.23. The quantitative estimate of drug-likeness (QED) is 0.444. The van der Waals surface area contributed by atoms with Crippen molar-refractivity contribution < 1.29 is 23.9 Å². The average molecular weight is 439 g/mol. The number of carbonyl (C=O) groups excluding carboxylic acids is 3. The van der Waals surface area contributed by atoms with Gasteiger partial charge in [-0.3, -0.25) is 14.4 Å². The fourth-order valence-electron chi connectivity index (χ4n) is 3.82. The standard InChI is InChI=1S/C25H30N2O5/c1-17(2)19-10-12-20(13-11-19)27-23(29)15-21(25(27)30)26(16-24(31-3)32-4)22(28)14-18-8-6-5-7-9-18/h5-13,17,21,24H,14-16H2,1-4H3. The van der Waals surface area contributed by atoms with E-state index in [4.69, 9.17) is 9.47 Å². The second kappa shape index (κ2) is 10.5. The molecule has 1 aliphatic rings. The average Bonchev–Trinajstić information content (AvgIpc) is 3.08. The highest BCUT2D eigenvalue weighted by Gasteiger charge is 2.44. The summed E-state index contributed by atoms with van der Waals surface area (Å²) in [4.78, 5) is 41.9. The molecule has 3 amide bonds. The number of hydrogen-bond donors (Lipinski definition) is 0. The molecule has 0 radical (unpaired) electrons. The van der Waals surface area contributed by atoms with Crippen molar-refractivity contribution in [3.63, 3.8) is 0 Å². The van der Waals surface area contributed by atoms with E-state index in [0.29, 0.717) is 11.6 Å². The van der Waals surface area contributed by atoms with Gasteiger partial charge in [0, 0.05) is 14.2 Å². The molecule has 2 aromatic carbocycles. The number of ether oxygens (including phenoxy) is 2. The van der Waals surface area contributed by atoms with E-state index in [1.54, 1.807) is 12.1 Å². The molecule has 0 bridgehead atoms. The molecule has 1 heterocycles. The molecule has 0 spiro atoms. The highest BCUT2D eigenvalue weighted by atomic mass is 16.7. The van der Waals surface area contributed by atoms with Gasteiger partial charge in [-0.2, -0.15) is 0 Å². The van der Waals surface area contributed by atoms with Crippen molar-refractivity contribution >= 4 is 23.4 Å². The molecule has 1 unspecified atom stereocenters. The number of rotatable bonds is 9. The number of nitrogens with zero attached hydrogens (tertiary/aromatic N) is 2. The van der Waals surface area contributed by atoms with Crippen LogP contribution >= 0.6 is 0 Å². The van der Waals surface area contributed by atoms with E-state index in [-0.39, 0.29) is 31.2 Å². The van der Waals surface area contributed by atoms with Crippen molar-refractivity contribution in [3.8, 4) is 0 Å². The van der Waals surface area contributed by atoms with Gasteiger partial charge < -0.3 is 14.4 Å². The number of benzene rings is 2. The van der Waals surface area contributed by atoms with Gasteiger partial charge in [0.2, 0.25) is 11.8 Å². The summed E-state index contributed by atoms with van der Waals surface area (Å²) in [6.45, 7) is 4.20. The first-order valence-electron chi connectivity index (χ1n) is 10.7. The summed E-state index contributed by atoms with van der Waals surface area (Å²) in [5.74, 6) is -0.674. The van der Waals surface area contributed by atoms with Crippen LogP contribution in [0.3, 0.4) is 0 Å². The Balaban J connectivity index is 1.86. The third-order valence-corrected chi connectivity index (χ3v) is 5.71. The zero-order chi connectivity index (χ0) is 23.3. The third-order valence-electron chi connectivity index (χ3n) is 5.71. The molecule has 1 saturated heterocycles. The van der Waals surface area contributed by atoms with Gasteiger partial charge in [-0.25, -0.2) is 4.90 Å². The van der Waals surface area contributed by atoms with Crippen molar-refractivity contribution in [1.82, 2.24) is 4.90 Å². The molecule has 0 saturated carbocycles. The Morgan fingerprint density at radius 3 is 2.22 bits per heavy atom. The second-order valence-electron chi connectivity index (χ2n) is 8.14. The van der Waals surface area contributed by atoms with Gasteiger partial charge >= 0.3 is 0 Å². The van der Waals surface area contributed by atoms with Crippen LogP contribution in [0.15, 0.2) is 54.6 Å². The fraction of sp³-hybridized carbons (Fsp3) is 0.400. The van der Waals surface area contributed by atoms with Crippen molar-refractivity contribution in [1.29, 1.82) is 0 Å². The lowest BCUT2D eigenvalue weighted by atomic mass is 10.0. The van der Waals surface area contributed by atoms with Crippen molar-refractivity contribution in [2.75, 3.05) is 25.7 Å². The Morgan fingerprint density at radius 2 is 1.66 bits per heavy atom. The van der Waals surface area contributed by atoms with Gasteiger partial charge in [-0.1, -0.05) is 56.3 Å². The molecule has 1 fully saturated rings. The SMILES string of the molecule is COC(CN(C(=O)Cc1ccccc1)C1CC(=O)N(c2ccc(C(C)C)cc2)C1=O)OC. The lowest BCUT2D eigenvalue weighted by Gasteiger charge is -2.30. The maximum Gasteiger partial charge on any atom is 0.257 e. The van der Waals surface area contributed by atoms with Gasteiger partial charge in [0.1, 0.15) is 6.04 Å². The van der Waals surface area contributed by atoms with Crippen LogP contribution in [0.1, 0.15) is 37.3 Å². The predicted molar refractivity (Wildman–Crippen MR) is 121 cm³/mol. The molecule has 3 rings (SSSR count). The maximum absolute atomic E-state index is 13.3. The molecule has 7 heteroatoms. The number of amides is 3. The van der Waals surface area contributed by atoms with E-state index in [2.05, 4.69) is 13.8 Å². The number of anilines is 1. The second-order valence-corrected chi connectivity index (χ2v) is 8.14. The summed E-state index contributed by atoms with van der Waals surface area (Å²) in [6.07, 6.45) is -0.676. The molecule has 0 N–H and O–H groups in total. The zero-order valence-electron chi connectivity index (χ0n) is 19.0. The Morgan fingerprint density at radius 1 is 1.03 bits per heavy atom. The van der Waals surface area contributed by atoms with Gasteiger partial charge in [-0.05, 0) is 29.2 Å². The lowest BCUT2D eigenvalue weighted by molar-refractivity contribution is -0.152. The van der Waals surface area contributed by atoms with Crippen LogP contribution in [0.25, 0.3) is 0 Å². The lowest BCUT2D eigenvalue weighted by Crippen LogP contribution is -2.49. The van der Waals surface area contributed by atoms with Crippen LogP contribution < -0.4 is 4.90 Å². The molecule has 32 heavy (non-hydrogen) atoms. The molecule has 1 atom stereocenters. The molecular weight excluding hydrogens is 408 g/mol. The van der Waals surface area contributed by atoms with Gasteiger partial charge in [0.15, 0.2) is 6.29 Å². The van der Waals surface area contributed by atoms with Crippen LogP contribution in [0, 0.1) is 0 Å². The van der Waals surface area contributed by atoms with E-state index in [9.17, 15) is 14.4 Å². The summed E-state index contributed by atoms with van der Waals surface area (Å²) in [7, 11) is 2.94. The number of imide groups is 1. The van der Waals surface area contributed by atoms with E-state index < -0.39 is 18.2 Å². The monoisotopic (exact) mass is 438 g/mol. The van der Waals surface area contributed by atoms with E-state index in [1.807, 2.05) is 42.5 Å². The highest BCUT2D eigenvalue weighted by Crippen LogP contribution is 2.28. The van der Waals surface area contributed by atoms with Gasteiger partial charge in [0.05, 0.1) is 25.1 Å². The van der Waals surface area contributed by atoms with E-state index in [0.717, 1.165) is 11.1 Å². The molecule has 2 aromatic rings. The Hall–Kier alpha value is -3.03. The largest absolute Gasteiger partial charge is 0.354 e. The minimum Gasteiger partial charge on any atom is -0.354 e. The first kappa shape index (κ1) is 23.6. The molecule has 7 nitrogen and oxygen atoms in total. The number of carbonyl (C=O) groups is 3. The van der Waals surface area contributed by atoms with Crippen LogP contribution in [-0.2, 0) is 30.3 Å². The van der Waals surface area contributed by atoms with E-state index >= 15 is 0 Å². The molecular formula is C25H30N2O5. The molecule has 0 aliphatic carbocycles. The predicted octanol–water partition coefficient (Wildman–Crippen LogP) is 3.13. The first-order chi connectivity index (χ1) is 15.3. The minimum absolute atomic E-state index is 0.0441.